The summed E-state index contributed by atoms with van der Waals surface area (Å²) in [7, 11) is 0. The molecule has 0 saturated carbocycles. The van der Waals surface area contributed by atoms with Crippen molar-refractivity contribution in [1.29, 1.82) is 0 Å². The number of nitrogens with zero attached hydrogens (tertiary/aromatic N) is 1. The molecule has 0 aliphatic rings. The fraction of sp³-hybridized carbons (Fsp3) is 0.556. The first kappa shape index (κ1) is 9.39. The summed E-state index contributed by atoms with van der Waals surface area (Å²) in [6.45, 7) is 2.20. The summed E-state index contributed by atoms with van der Waals surface area (Å²) in [6, 6.07) is 1.99. The van der Waals surface area contributed by atoms with E-state index in [4.69, 9.17) is 12.2 Å². The van der Waals surface area contributed by atoms with Gasteiger partial charge in [0.25, 0.3) is 0 Å². The smallest absolute Gasteiger partial charge is 0.196 e. The Morgan fingerprint density at radius 1 is 1.50 bits per heavy atom. The van der Waals surface area contributed by atoms with Gasteiger partial charge in [-0.3, -0.25) is 0 Å². The van der Waals surface area contributed by atoms with Gasteiger partial charge in [0.1, 0.15) is 0 Å². The SMILES string of the molecule is CCCCCc1ccnc(=S)[nH]1. The Bertz CT molecular complexity index is 280. The lowest BCUT2D eigenvalue weighted by molar-refractivity contribution is 0.705. The van der Waals surface area contributed by atoms with Gasteiger partial charge in [0, 0.05) is 11.9 Å². The Kier molecular flexibility index (Phi) is 3.94. The first-order valence-corrected chi connectivity index (χ1v) is 4.78. The summed E-state index contributed by atoms with van der Waals surface area (Å²) in [5.74, 6) is 0. The van der Waals surface area contributed by atoms with Crippen molar-refractivity contribution in [2.24, 2.45) is 0 Å². The Labute approximate surface area is 78.1 Å². The summed E-state index contributed by atoms with van der Waals surface area (Å²) in [4.78, 5) is 7.00. The van der Waals surface area contributed by atoms with Gasteiger partial charge < -0.3 is 4.98 Å². The molecule has 1 N–H and O–H groups in total. The average Bonchev–Trinajstić information content (AvgIpc) is 2.05. The minimum Gasteiger partial charge on any atom is -0.335 e. The average molecular weight is 182 g/mol. The molecule has 1 aromatic heterocycles. The molecule has 0 aliphatic heterocycles. The molecular formula is C9H14N2S. The molecule has 0 aromatic carbocycles. The van der Waals surface area contributed by atoms with E-state index in [0.717, 1.165) is 6.42 Å². The van der Waals surface area contributed by atoms with Gasteiger partial charge in [-0.2, -0.15) is 0 Å². The van der Waals surface area contributed by atoms with Crippen LogP contribution in [-0.2, 0) is 6.42 Å². The van der Waals surface area contributed by atoms with Crippen LogP contribution in [0.2, 0.25) is 0 Å². The van der Waals surface area contributed by atoms with Gasteiger partial charge in [0.2, 0.25) is 0 Å². The van der Waals surface area contributed by atoms with E-state index in [1.165, 1.54) is 25.0 Å². The van der Waals surface area contributed by atoms with E-state index in [9.17, 15) is 0 Å². The van der Waals surface area contributed by atoms with Crippen molar-refractivity contribution < 1.29 is 0 Å². The van der Waals surface area contributed by atoms with E-state index in [1.54, 1.807) is 6.20 Å². The van der Waals surface area contributed by atoms with Crippen LogP contribution in [0.5, 0.6) is 0 Å². The van der Waals surface area contributed by atoms with Crippen LogP contribution < -0.4 is 0 Å². The lowest BCUT2D eigenvalue weighted by atomic mass is 10.1. The first-order chi connectivity index (χ1) is 5.83. The molecule has 1 heterocycles. The fourth-order valence-corrected chi connectivity index (χ4v) is 1.31. The van der Waals surface area contributed by atoms with Gasteiger partial charge in [-0.1, -0.05) is 19.8 Å². The number of H-pyrrole nitrogens is 1. The van der Waals surface area contributed by atoms with Crippen molar-refractivity contribution in [3.63, 3.8) is 0 Å². The van der Waals surface area contributed by atoms with Crippen LogP contribution in [0, 0.1) is 4.77 Å². The number of unbranched alkanes of at least 4 members (excludes halogenated alkanes) is 2. The predicted molar refractivity (Wildman–Crippen MR) is 52.7 cm³/mol. The second-order valence-electron chi connectivity index (χ2n) is 2.86. The lowest BCUT2D eigenvalue weighted by Gasteiger charge is -1.98. The molecule has 0 fully saturated rings. The van der Waals surface area contributed by atoms with E-state index < -0.39 is 0 Å². The molecule has 0 bridgehead atoms. The van der Waals surface area contributed by atoms with E-state index in [2.05, 4.69) is 16.9 Å². The summed E-state index contributed by atoms with van der Waals surface area (Å²) in [5.41, 5.74) is 1.20. The number of nitrogens with one attached hydrogen (secondary N) is 1. The summed E-state index contributed by atoms with van der Waals surface area (Å²) < 4.78 is 0.587. The van der Waals surface area contributed by atoms with E-state index in [0.29, 0.717) is 4.77 Å². The van der Waals surface area contributed by atoms with Crippen LogP contribution in [-0.4, -0.2) is 9.97 Å². The predicted octanol–water partition coefficient (Wildman–Crippen LogP) is 2.87. The zero-order valence-electron chi connectivity index (χ0n) is 7.34. The van der Waals surface area contributed by atoms with Crippen molar-refractivity contribution in [3.8, 4) is 0 Å². The summed E-state index contributed by atoms with van der Waals surface area (Å²) >= 11 is 4.91. The van der Waals surface area contributed by atoms with Gasteiger partial charge in [0.05, 0.1) is 0 Å². The second-order valence-corrected chi connectivity index (χ2v) is 3.24. The molecule has 66 valence electrons. The van der Waals surface area contributed by atoms with Crippen molar-refractivity contribution in [3.05, 3.63) is 22.7 Å². The molecular weight excluding hydrogens is 168 g/mol. The topological polar surface area (TPSA) is 28.7 Å². The van der Waals surface area contributed by atoms with E-state index >= 15 is 0 Å². The fourth-order valence-electron chi connectivity index (χ4n) is 1.12. The Morgan fingerprint density at radius 2 is 2.33 bits per heavy atom. The third-order valence-corrected chi connectivity index (χ3v) is 1.99. The van der Waals surface area contributed by atoms with Gasteiger partial charge >= 0.3 is 0 Å². The number of hydrogen-bond acceptors (Lipinski definition) is 2. The monoisotopic (exact) mass is 182 g/mol. The second kappa shape index (κ2) is 5.04. The highest BCUT2D eigenvalue weighted by Crippen LogP contribution is 2.02. The molecule has 1 rings (SSSR count). The molecule has 0 aliphatic carbocycles. The standard InChI is InChI=1S/C9H14N2S/c1-2-3-4-5-8-6-7-10-9(12)11-8/h6-7H,2-5H2,1H3,(H,10,11,12). The number of aryl methyl sites for hydroxylation is 1. The molecule has 12 heavy (non-hydrogen) atoms. The van der Waals surface area contributed by atoms with Crippen molar-refractivity contribution in [2.45, 2.75) is 32.6 Å². The maximum absolute atomic E-state index is 4.91. The molecule has 0 amide bonds. The van der Waals surface area contributed by atoms with Gasteiger partial charge in [0.15, 0.2) is 4.77 Å². The van der Waals surface area contributed by atoms with Crippen LogP contribution in [0.3, 0.4) is 0 Å². The van der Waals surface area contributed by atoms with E-state index in [1.807, 2.05) is 6.07 Å². The molecule has 3 heteroatoms. The number of hydrogen-bond donors (Lipinski definition) is 1. The minimum atomic E-state index is 0.587. The van der Waals surface area contributed by atoms with E-state index in [-0.39, 0.29) is 0 Å². The Hall–Kier alpha value is -0.700. The maximum atomic E-state index is 4.91. The molecule has 0 atom stereocenters. The first-order valence-electron chi connectivity index (χ1n) is 4.37. The largest absolute Gasteiger partial charge is 0.335 e. The van der Waals surface area contributed by atoms with Crippen LogP contribution >= 0.6 is 12.2 Å². The Morgan fingerprint density at radius 3 is 3.00 bits per heavy atom. The summed E-state index contributed by atoms with van der Waals surface area (Å²) in [6.07, 6.45) is 6.61. The van der Waals surface area contributed by atoms with Crippen LogP contribution in [0.4, 0.5) is 0 Å². The number of aromatic amines is 1. The maximum Gasteiger partial charge on any atom is 0.196 e. The van der Waals surface area contributed by atoms with Gasteiger partial charge in [-0.25, -0.2) is 4.98 Å². The number of rotatable bonds is 4. The third kappa shape index (κ3) is 3.13. The highest BCUT2D eigenvalue weighted by Gasteiger charge is 1.91. The molecule has 1 aromatic rings. The zero-order valence-corrected chi connectivity index (χ0v) is 8.16. The van der Waals surface area contributed by atoms with Crippen LogP contribution in [0.25, 0.3) is 0 Å². The molecule has 0 saturated heterocycles. The summed E-state index contributed by atoms with van der Waals surface area (Å²) in [5, 5.41) is 0. The normalized spacial score (nSPS) is 10.1. The van der Waals surface area contributed by atoms with Crippen molar-refractivity contribution in [2.75, 3.05) is 0 Å². The highest BCUT2D eigenvalue weighted by atomic mass is 32.1. The van der Waals surface area contributed by atoms with Crippen molar-refractivity contribution in [1.82, 2.24) is 9.97 Å². The van der Waals surface area contributed by atoms with Crippen LogP contribution in [0.15, 0.2) is 12.3 Å². The Balaban J connectivity index is 2.47. The quantitative estimate of drug-likeness (QED) is 0.573. The number of aromatic nitrogens is 2. The molecule has 0 spiro atoms. The van der Waals surface area contributed by atoms with Gasteiger partial charge in [-0.15, -0.1) is 0 Å². The molecule has 2 nitrogen and oxygen atoms in total. The molecule has 0 unspecified atom stereocenters. The third-order valence-electron chi connectivity index (χ3n) is 1.78. The highest BCUT2D eigenvalue weighted by molar-refractivity contribution is 7.71. The minimum absolute atomic E-state index is 0.587. The van der Waals surface area contributed by atoms with Crippen molar-refractivity contribution >= 4 is 12.2 Å². The van der Waals surface area contributed by atoms with Gasteiger partial charge in [-0.05, 0) is 31.1 Å². The zero-order chi connectivity index (χ0) is 8.81. The lowest BCUT2D eigenvalue weighted by Crippen LogP contribution is -1.91. The van der Waals surface area contributed by atoms with Crippen LogP contribution in [0.1, 0.15) is 31.9 Å². The molecule has 0 radical (unpaired) electrons.